The van der Waals surface area contributed by atoms with Gasteiger partial charge in [0.15, 0.2) is 0 Å². The highest BCUT2D eigenvalue weighted by Crippen LogP contribution is 2.24. The number of benzene rings is 1. The lowest BCUT2D eigenvalue weighted by Gasteiger charge is -2.04. The summed E-state index contributed by atoms with van der Waals surface area (Å²) in [5, 5.41) is 16.1. The molecule has 0 fully saturated rings. The molecule has 21 heavy (non-hydrogen) atoms. The van der Waals surface area contributed by atoms with E-state index in [1.165, 1.54) is 30.3 Å². The van der Waals surface area contributed by atoms with Crippen LogP contribution in [0.2, 0.25) is 0 Å². The Bertz CT molecular complexity index is 684. The molecule has 0 saturated heterocycles. The molecule has 1 aromatic heterocycles. The number of halogens is 1. The average molecular weight is 354 g/mol. The van der Waals surface area contributed by atoms with Crippen LogP contribution in [0.3, 0.4) is 0 Å². The standard InChI is InChI=1S/C13H12BrN3O4/c1-21-12(19)7-17-6-9(5-15-17)16-13(20)8-2-3-10(14)11(18)4-8/h2-6,18H,7H2,1H3,(H,16,20). The summed E-state index contributed by atoms with van der Waals surface area (Å²) in [5.74, 6) is -0.853. The number of carbonyl (C=O) groups is 2. The molecular weight excluding hydrogens is 342 g/mol. The van der Waals surface area contributed by atoms with Crippen LogP contribution in [-0.2, 0) is 16.1 Å². The first kappa shape index (κ1) is 15.0. The molecule has 8 heteroatoms. The van der Waals surface area contributed by atoms with E-state index in [2.05, 4.69) is 31.1 Å². The molecule has 0 bridgehead atoms. The number of hydrogen-bond donors (Lipinski definition) is 2. The molecule has 2 N–H and O–H groups in total. The summed E-state index contributed by atoms with van der Waals surface area (Å²) in [6.45, 7) is -0.0363. The van der Waals surface area contributed by atoms with Gasteiger partial charge in [-0.3, -0.25) is 14.3 Å². The van der Waals surface area contributed by atoms with Crippen molar-refractivity contribution in [3.8, 4) is 5.75 Å². The number of carbonyl (C=O) groups excluding carboxylic acids is 2. The molecule has 0 aliphatic rings. The second-order valence-electron chi connectivity index (χ2n) is 4.12. The monoisotopic (exact) mass is 353 g/mol. The minimum absolute atomic E-state index is 0.0240. The van der Waals surface area contributed by atoms with Gasteiger partial charge in [-0.05, 0) is 34.1 Å². The van der Waals surface area contributed by atoms with Crippen LogP contribution < -0.4 is 5.32 Å². The Morgan fingerprint density at radius 1 is 1.48 bits per heavy atom. The predicted octanol–water partition coefficient (Wildman–Crippen LogP) is 1.78. The van der Waals surface area contributed by atoms with Crippen molar-refractivity contribution in [2.24, 2.45) is 0 Å². The number of phenols is 1. The van der Waals surface area contributed by atoms with Gasteiger partial charge in [-0.15, -0.1) is 0 Å². The number of rotatable bonds is 4. The van der Waals surface area contributed by atoms with Gasteiger partial charge >= 0.3 is 5.97 Å². The van der Waals surface area contributed by atoms with E-state index in [1.54, 1.807) is 12.1 Å². The van der Waals surface area contributed by atoms with Gasteiger partial charge in [0, 0.05) is 11.8 Å². The maximum atomic E-state index is 12.0. The largest absolute Gasteiger partial charge is 0.507 e. The van der Waals surface area contributed by atoms with E-state index in [9.17, 15) is 14.7 Å². The summed E-state index contributed by atoms with van der Waals surface area (Å²) in [7, 11) is 1.29. The molecule has 110 valence electrons. The van der Waals surface area contributed by atoms with Crippen molar-refractivity contribution >= 4 is 33.5 Å². The number of ether oxygens (including phenoxy) is 1. The Balaban J connectivity index is 2.05. The number of nitrogens with zero attached hydrogens (tertiary/aromatic N) is 2. The van der Waals surface area contributed by atoms with Crippen molar-refractivity contribution < 1.29 is 19.4 Å². The van der Waals surface area contributed by atoms with Gasteiger partial charge in [-0.2, -0.15) is 5.10 Å². The molecule has 2 rings (SSSR count). The van der Waals surface area contributed by atoms with E-state index < -0.39 is 11.9 Å². The highest BCUT2D eigenvalue weighted by molar-refractivity contribution is 9.10. The van der Waals surface area contributed by atoms with Gasteiger partial charge in [0.05, 0.1) is 23.5 Å². The fraction of sp³-hybridized carbons (Fsp3) is 0.154. The van der Waals surface area contributed by atoms with Crippen LogP contribution in [0.15, 0.2) is 35.1 Å². The molecule has 0 atom stereocenters. The number of anilines is 1. The maximum absolute atomic E-state index is 12.0. The molecule has 0 unspecified atom stereocenters. The number of amides is 1. The van der Waals surface area contributed by atoms with E-state index in [0.717, 1.165) is 0 Å². The number of aromatic hydroxyl groups is 1. The average Bonchev–Trinajstić information content (AvgIpc) is 2.88. The van der Waals surface area contributed by atoms with Crippen molar-refractivity contribution in [2.75, 3.05) is 12.4 Å². The van der Waals surface area contributed by atoms with Crippen molar-refractivity contribution in [2.45, 2.75) is 6.54 Å². The van der Waals surface area contributed by atoms with Crippen molar-refractivity contribution in [1.82, 2.24) is 9.78 Å². The minimum Gasteiger partial charge on any atom is -0.507 e. The zero-order valence-electron chi connectivity index (χ0n) is 11.0. The molecular formula is C13H12BrN3O4. The first-order chi connectivity index (χ1) is 9.99. The van der Waals surface area contributed by atoms with Gasteiger partial charge in [-0.1, -0.05) is 0 Å². The van der Waals surface area contributed by atoms with Crippen LogP contribution in [0, 0.1) is 0 Å². The first-order valence-corrected chi connectivity index (χ1v) is 6.68. The summed E-state index contributed by atoms with van der Waals surface area (Å²) in [6, 6.07) is 4.49. The van der Waals surface area contributed by atoms with Gasteiger partial charge in [0.1, 0.15) is 12.3 Å². The Hall–Kier alpha value is -2.35. The van der Waals surface area contributed by atoms with Crippen molar-refractivity contribution in [3.05, 3.63) is 40.6 Å². The Labute approximate surface area is 128 Å². The van der Waals surface area contributed by atoms with E-state index in [4.69, 9.17) is 0 Å². The summed E-state index contributed by atoms with van der Waals surface area (Å²) >= 11 is 3.14. The summed E-state index contributed by atoms with van der Waals surface area (Å²) in [6.07, 6.45) is 2.92. The van der Waals surface area contributed by atoms with Crippen LogP contribution in [-0.4, -0.2) is 33.9 Å². The lowest BCUT2D eigenvalue weighted by atomic mass is 10.2. The van der Waals surface area contributed by atoms with Gasteiger partial charge in [-0.25, -0.2) is 0 Å². The lowest BCUT2D eigenvalue weighted by molar-refractivity contribution is -0.141. The second kappa shape index (κ2) is 6.40. The zero-order chi connectivity index (χ0) is 15.4. The normalized spacial score (nSPS) is 10.2. The van der Waals surface area contributed by atoms with E-state index in [1.807, 2.05) is 0 Å². The van der Waals surface area contributed by atoms with E-state index >= 15 is 0 Å². The van der Waals surface area contributed by atoms with Crippen molar-refractivity contribution in [3.63, 3.8) is 0 Å². The smallest absolute Gasteiger partial charge is 0.327 e. The third-order valence-corrected chi connectivity index (χ3v) is 3.29. The van der Waals surface area contributed by atoms with Crippen molar-refractivity contribution in [1.29, 1.82) is 0 Å². The van der Waals surface area contributed by atoms with Crippen LogP contribution in [0.5, 0.6) is 5.75 Å². The molecule has 0 spiro atoms. The molecule has 0 saturated carbocycles. The number of aromatic nitrogens is 2. The topological polar surface area (TPSA) is 93.5 Å². The number of esters is 1. The maximum Gasteiger partial charge on any atom is 0.327 e. The number of methoxy groups -OCH3 is 1. The van der Waals surface area contributed by atoms with Crippen LogP contribution in [0.25, 0.3) is 0 Å². The second-order valence-corrected chi connectivity index (χ2v) is 4.98. The third kappa shape index (κ3) is 3.82. The molecule has 1 heterocycles. The zero-order valence-corrected chi connectivity index (χ0v) is 12.6. The fourth-order valence-electron chi connectivity index (χ4n) is 1.57. The number of hydrogen-bond acceptors (Lipinski definition) is 5. The highest BCUT2D eigenvalue weighted by Gasteiger charge is 2.10. The van der Waals surface area contributed by atoms with Gasteiger partial charge < -0.3 is 15.2 Å². The highest BCUT2D eigenvalue weighted by atomic mass is 79.9. The Morgan fingerprint density at radius 3 is 2.90 bits per heavy atom. The van der Waals surface area contributed by atoms with Crippen LogP contribution in [0.4, 0.5) is 5.69 Å². The molecule has 1 amide bonds. The summed E-state index contributed by atoms with van der Waals surface area (Å²) in [4.78, 5) is 23.1. The summed E-state index contributed by atoms with van der Waals surface area (Å²) < 4.78 is 6.37. The fourth-order valence-corrected chi connectivity index (χ4v) is 1.82. The Morgan fingerprint density at radius 2 is 2.24 bits per heavy atom. The molecule has 0 radical (unpaired) electrons. The number of phenolic OH excluding ortho intramolecular Hbond substituents is 1. The van der Waals surface area contributed by atoms with Crippen LogP contribution in [0.1, 0.15) is 10.4 Å². The molecule has 0 aliphatic heterocycles. The SMILES string of the molecule is COC(=O)Cn1cc(NC(=O)c2ccc(Br)c(O)c2)cn1. The third-order valence-electron chi connectivity index (χ3n) is 2.62. The van der Waals surface area contributed by atoms with E-state index in [0.29, 0.717) is 15.7 Å². The number of nitrogens with one attached hydrogen (secondary N) is 1. The van der Waals surface area contributed by atoms with Gasteiger partial charge in [0.25, 0.3) is 5.91 Å². The molecule has 0 aliphatic carbocycles. The van der Waals surface area contributed by atoms with E-state index in [-0.39, 0.29) is 12.3 Å². The Kier molecular flexibility index (Phi) is 4.59. The van der Waals surface area contributed by atoms with Crippen LogP contribution >= 0.6 is 15.9 Å². The minimum atomic E-state index is -0.436. The van der Waals surface area contributed by atoms with Gasteiger partial charge in [0.2, 0.25) is 0 Å². The predicted molar refractivity (Wildman–Crippen MR) is 78.0 cm³/mol. The molecule has 1 aromatic carbocycles. The molecule has 2 aromatic rings. The molecule has 7 nitrogen and oxygen atoms in total. The lowest BCUT2D eigenvalue weighted by Crippen LogP contribution is -2.12. The first-order valence-electron chi connectivity index (χ1n) is 5.88. The quantitative estimate of drug-likeness (QED) is 0.817. The summed E-state index contributed by atoms with van der Waals surface area (Å²) in [5.41, 5.74) is 0.739.